The van der Waals surface area contributed by atoms with Gasteiger partial charge in [0, 0.05) is 0 Å². The van der Waals surface area contributed by atoms with Crippen LogP contribution in [0, 0.1) is 11.3 Å². The number of amides is 1. The molecule has 3 rings (SSSR count). The van der Waals surface area contributed by atoms with Gasteiger partial charge in [-0.15, -0.1) is 11.3 Å². The highest BCUT2D eigenvalue weighted by Gasteiger charge is 2.16. The summed E-state index contributed by atoms with van der Waals surface area (Å²) in [5, 5.41) is 16.1. The molecule has 0 atom stereocenters. The molecule has 22 heavy (non-hydrogen) atoms. The number of fused-ring (bicyclic) bond motifs is 1. The SMILES string of the molecule is COc1cc2ccccc2cc1C(=O)Nc1sccc1C#N. The number of carbonyl (C=O) groups is 1. The Labute approximate surface area is 131 Å². The van der Waals surface area contributed by atoms with Crippen LogP contribution in [0.3, 0.4) is 0 Å². The van der Waals surface area contributed by atoms with Gasteiger partial charge < -0.3 is 10.1 Å². The number of ether oxygens (including phenoxy) is 1. The molecule has 0 saturated carbocycles. The Bertz CT molecular complexity index is 893. The summed E-state index contributed by atoms with van der Waals surface area (Å²) in [6.07, 6.45) is 0. The molecule has 0 unspecified atom stereocenters. The number of nitriles is 1. The highest BCUT2D eigenvalue weighted by atomic mass is 32.1. The van der Waals surface area contributed by atoms with Gasteiger partial charge in [0.2, 0.25) is 0 Å². The summed E-state index contributed by atoms with van der Waals surface area (Å²) in [6, 6.07) is 15.1. The Morgan fingerprint density at radius 1 is 1.23 bits per heavy atom. The van der Waals surface area contributed by atoms with Crippen LogP contribution in [0.2, 0.25) is 0 Å². The third-order valence-corrected chi connectivity index (χ3v) is 4.16. The number of methoxy groups -OCH3 is 1. The number of hydrogen-bond acceptors (Lipinski definition) is 4. The quantitative estimate of drug-likeness (QED) is 0.794. The molecule has 0 fully saturated rings. The predicted octanol–water partition coefficient (Wildman–Crippen LogP) is 4.03. The van der Waals surface area contributed by atoms with Crippen LogP contribution >= 0.6 is 11.3 Å². The first kappa shape index (κ1) is 14.1. The van der Waals surface area contributed by atoms with Gasteiger partial charge in [0.15, 0.2) is 0 Å². The van der Waals surface area contributed by atoms with Crippen LogP contribution in [0.25, 0.3) is 10.8 Å². The van der Waals surface area contributed by atoms with E-state index in [1.807, 2.05) is 30.3 Å². The second kappa shape index (κ2) is 5.88. The first-order valence-electron chi connectivity index (χ1n) is 6.58. The summed E-state index contributed by atoms with van der Waals surface area (Å²) in [7, 11) is 1.53. The topological polar surface area (TPSA) is 62.1 Å². The number of nitrogens with one attached hydrogen (secondary N) is 1. The van der Waals surface area contributed by atoms with Gasteiger partial charge in [-0.1, -0.05) is 24.3 Å². The van der Waals surface area contributed by atoms with Crippen molar-refractivity contribution in [1.29, 1.82) is 5.26 Å². The van der Waals surface area contributed by atoms with Crippen molar-refractivity contribution >= 4 is 33.0 Å². The number of anilines is 1. The number of rotatable bonds is 3. The molecule has 5 heteroatoms. The summed E-state index contributed by atoms with van der Waals surface area (Å²) in [4.78, 5) is 12.5. The number of hydrogen-bond donors (Lipinski definition) is 1. The van der Waals surface area contributed by atoms with Gasteiger partial charge in [0.1, 0.15) is 16.8 Å². The van der Waals surface area contributed by atoms with E-state index < -0.39 is 0 Å². The highest BCUT2D eigenvalue weighted by Crippen LogP contribution is 2.28. The molecule has 2 aromatic carbocycles. The molecule has 0 bridgehead atoms. The van der Waals surface area contributed by atoms with Gasteiger partial charge in [0.25, 0.3) is 5.91 Å². The van der Waals surface area contributed by atoms with E-state index in [0.717, 1.165) is 10.8 Å². The van der Waals surface area contributed by atoms with E-state index in [-0.39, 0.29) is 5.91 Å². The summed E-state index contributed by atoms with van der Waals surface area (Å²) < 4.78 is 5.33. The van der Waals surface area contributed by atoms with Crippen molar-refractivity contribution < 1.29 is 9.53 Å². The molecule has 1 N–H and O–H groups in total. The molecule has 1 amide bonds. The third-order valence-electron chi connectivity index (χ3n) is 3.33. The van der Waals surface area contributed by atoms with Crippen molar-refractivity contribution in [3.8, 4) is 11.8 Å². The normalized spacial score (nSPS) is 10.2. The summed E-state index contributed by atoms with van der Waals surface area (Å²) in [5.74, 6) is 0.216. The number of benzene rings is 2. The zero-order chi connectivity index (χ0) is 15.5. The minimum Gasteiger partial charge on any atom is -0.496 e. The lowest BCUT2D eigenvalue weighted by Gasteiger charge is -2.10. The van der Waals surface area contributed by atoms with E-state index >= 15 is 0 Å². The molecular weight excluding hydrogens is 296 g/mol. The Balaban J connectivity index is 2.01. The van der Waals surface area contributed by atoms with Crippen molar-refractivity contribution in [1.82, 2.24) is 0 Å². The lowest BCUT2D eigenvalue weighted by Crippen LogP contribution is -2.13. The fraction of sp³-hybridized carbons (Fsp3) is 0.0588. The predicted molar refractivity (Wildman–Crippen MR) is 87.5 cm³/mol. The Hall–Kier alpha value is -2.84. The van der Waals surface area contributed by atoms with Gasteiger partial charge in [-0.05, 0) is 34.4 Å². The minimum atomic E-state index is -0.290. The first-order valence-corrected chi connectivity index (χ1v) is 7.46. The van der Waals surface area contributed by atoms with E-state index in [0.29, 0.717) is 21.9 Å². The van der Waals surface area contributed by atoms with Crippen LogP contribution < -0.4 is 10.1 Å². The van der Waals surface area contributed by atoms with E-state index in [9.17, 15) is 4.79 Å². The van der Waals surface area contributed by atoms with Crippen LogP contribution in [0.4, 0.5) is 5.00 Å². The average molecular weight is 308 g/mol. The summed E-state index contributed by atoms with van der Waals surface area (Å²) in [6.45, 7) is 0. The minimum absolute atomic E-state index is 0.290. The summed E-state index contributed by atoms with van der Waals surface area (Å²) >= 11 is 1.32. The van der Waals surface area contributed by atoms with Gasteiger partial charge in [-0.3, -0.25) is 4.79 Å². The maximum atomic E-state index is 12.5. The smallest absolute Gasteiger partial charge is 0.260 e. The summed E-state index contributed by atoms with van der Waals surface area (Å²) in [5.41, 5.74) is 0.900. The maximum absolute atomic E-state index is 12.5. The van der Waals surface area contributed by atoms with Crippen molar-refractivity contribution in [2.75, 3.05) is 12.4 Å². The van der Waals surface area contributed by atoms with Crippen molar-refractivity contribution in [3.05, 3.63) is 59.0 Å². The Morgan fingerprint density at radius 3 is 2.64 bits per heavy atom. The van der Waals surface area contributed by atoms with Crippen LogP contribution in [0.1, 0.15) is 15.9 Å². The fourth-order valence-electron chi connectivity index (χ4n) is 2.23. The molecule has 0 spiro atoms. The average Bonchev–Trinajstić information content (AvgIpc) is 3.00. The zero-order valence-electron chi connectivity index (χ0n) is 11.8. The van der Waals surface area contributed by atoms with Gasteiger partial charge in [-0.2, -0.15) is 5.26 Å². The monoisotopic (exact) mass is 308 g/mol. The first-order chi connectivity index (χ1) is 10.7. The molecule has 1 heterocycles. The van der Waals surface area contributed by atoms with E-state index in [1.54, 1.807) is 17.5 Å². The number of carbonyl (C=O) groups excluding carboxylic acids is 1. The molecule has 0 saturated heterocycles. The standard InChI is InChI=1S/C17H12N2O2S/c1-21-15-9-12-5-3-2-4-11(12)8-14(15)16(20)19-17-13(10-18)6-7-22-17/h2-9H,1H3,(H,19,20). The molecule has 0 aliphatic rings. The number of nitrogens with zero attached hydrogens (tertiary/aromatic N) is 1. The van der Waals surface area contributed by atoms with E-state index in [4.69, 9.17) is 10.00 Å². The van der Waals surface area contributed by atoms with E-state index in [1.165, 1.54) is 18.4 Å². The lowest BCUT2D eigenvalue weighted by molar-refractivity contribution is 0.102. The number of thiophene rings is 1. The van der Waals surface area contributed by atoms with Crippen LogP contribution in [0.5, 0.6) is 5.75 Å². The Kier molecular flexibility index (Phi) is 3.77. The lowest BCUT2D eigenvalue weighted by atomic mass is 10.1. The fourth-order valence-corrected chi connectivity index (χ4v) is 2.96. The second-order valence-electron chi connectivity index (χ2n) is 4.63. The molecule has 4 nitrogen and oxygen atoms in total. The van der Waals surface area contributed by atoms with Gasteiger partial charge in [-0.25, -0.2) is 0 Å². The van der Waals surface area contributed by atoms with E-state index in [2.05, 4.69) is 11.4 Å². The van der Waals surface area contributed by atoms with Crippen molar-refractivity contribution in [2.24, 2.45) is 0 Å². The molecular formula is C17H12N2O2S. The largest absolute Gasteiger partial charge is 0.496 e. The van der Waals surface area contributed by atoms with Gasteiger partial charge in [0.05, 0.1) is 18.2 Å². The highest BCUT2D eigenvalue weighted by molar-refractivity contribution is 7.14. The van der Waals surface area contributed by atoms with Crippen molar-refractivity contribution in [3.63, 3.8) is 0 Å². The van der Waals surface area contributed by atoms with Crippen LogP contribution in [-0.2, 0) is 0 Å². The van der Waals surface area contributed by atoms with Crippen LogP contribution in [-0.4, -0.2) is 13.0 Å². The Morgan fingerprint density at radius 2 is 1.95 bits per heavy atom. The molecule has 0 aliphatic heterocycles. The van der Waals surface area contributed by atoms with Crippen LogP contribution in [0.15, 0.2) is 47.8 Å². The van der Waals surface area contributed by atoms with Gasteiger partial charge >= 0.3 is 0 Å². The molecule has 108 valence electrons. The zero-order valence-corrected chi connectivity index (χ0v) is 12.6. The van der Waals surface area contributed by atoms with Crippen molar-refractivity contribution in [2.45, 2.75) is 0 Å². The molecule has 1 aromatic heterocycles. The molecule has 0 radical (unpaired) electrons. The third kappa shape index (κ3) is 2.52. The molecule has 0 aliphatic carbocycles. The maximum Gasteiger partial charge on any atom is 0.260 e. The molecule has 3 aromatic rings. The second-order valence-corrected chi connectivity index (χ2v) is 5.55.